The van der Waals surface area contributed by atoms with Gasteiger partial charge in [0, 0.05) is 51.4 Å². The van der Waals surface area contributed by atoms with Crippen molar-refractivity contribution in [2.45, 2.75) is 63.7 Å². The monoisotopic (exact) mass is 775 g/mol. The van der Waals surface area contributed by atoms with Crippen molar-refractivity contribution in [1.82, 2.24) is 9.97 Å². The van der Waals surface area contributed by atoms with E-state index in [1.807, 2.05) is 4.90 Å². The van der Waals surface area contributed by atoms with E-state index in [4.69, 9.17) is 9.84 Å². The second-order valence-corrected chi connectivity index (χ2v) is 12.2. The molecule has 0 unspecified atom stereocenters. The summed E-state index contributed by atoms with van der Waals surface area (Å²) in [6, 6.07) is 3.96. The molecule has 0 spiro atoms. The number of carboxylic acid groups (broad SMARTS) is 1. The van der Waals surface area contributed by atoms with Crippen LogP contribution in [0.15, 0.2) is 48.8 Å². The predicted molar refractivity (Wildman–Crippen MR) is 174 cm³/mol. The fourth-order valence-corrected chi connectivity index (χ4v) is 5.80. The zero-order valence-electron chi connectivity index (χ0n) is 29.9. The first kappa shape index (κ1) is 44.1. The van der Waals surface area contributed by atoms with Crippen LogP contribution in [0.4, 0.5) is 56.8 Å². The van der Waals surface area contributed by atoms with Gasteiger partial charge in [0.2, 0.25) is 5.95 Å². The molecule has 1 saturated heterocycles. The van der Waals surface area contributed by atoms with Crippen molar-refractivity contribution in [3.63, 3.8) is 0 Å². The third-order valence-electron chi connectivity index (χ3n) is 8.35. The Morgan fingerprint density at radius 3 is 1.91 bits per heavy atom. The van der Waals surface area contributed by atoms with Crippen LogP contribution in [0, 0.1) is 0 Å². The van der Waals surface area contributed by atoms with Crippen molar-refractivity contribution >= 4 is 23.3 Å². The van der Waals surface area contributed by atoms with E-state index in [1.54, 1.807) is 4.90 Å². The zero-order chi connectivity index (χ0) is 38.1. The minimum Gasteiger partial charge on any atom is -1.00 e. The molecule has 1 aromatic heterocycles. The Balaban J connectivity index is 0.00000504. The molecule has 2 N–H and O–H groups in total. The fraction of sp³-hybridized carbons (Fsp3) is 0.500. The van der Waals surface area contributed by atoms with Gasteiger partial charge in [0.15, 0.2) is 0 Å². The Morgan fingerprint density at radius 2 is 1.36 bits per heavy atom. The number of anilines is 3. The molecule has 0 amide bonds. The van der Waals surface area contributed by atoms with E-state index >= 15 is 0 Å². The van der Waals surface area contributed by atoms with Crippen LogP contribution in [0.2, 0.25) is 0 Å². The average molecular weight is 776 g/mol. The van der Waals surface area contributed by atoms with Crippen molar-refractivity contribution in [1.29, 1.82) is 0 Å². The van der Waals surface area contributed by atoms with Crippen molar-refractivity contribution in [2.24, 2.45) is 0 Å². The molecule has 1 fully saturated rings. The molecule has 0 atom stereocenters. The van der Waals surface area contributed by atoms with Crippen molar-refractivity contribution < 1.29 is 90.2 Å². The van der Waals surface area contributed by atoms with Crippen LogP contribution >= 0.6 is 0 Å². The summed E-state index contributed by atoms with van der Waals surface area (Å²) in [5.41, 5.74) is -3.81. The first-order valence-electron chi connectivity index (χ1n) is 16.4. The first-order chi connectivity index (χ1) is 24.5. The Labute approximate surface area is 323 Å². The number of aliphatic hydroxyl groups excluding tert-OH is 1. The van der Waals surface area contributed by atoms with Crippen molar-refractivity contribution in [3.05, 3.63) is 76.6 Å². The number of unbranched alkanes of at least 4 members (excludes halogenated alkanes) is 3. The van der Waals surface area contributed by atoms with Crippen molar-refractivity contribution in [3.8, 4) is 0 Å². The smallest absolute Gasteiger partial charge is 1.00 e. The molecule has 53 heavy (non-hydrogen) atoms. The van der Waals surface area contributed by atoms with E-state index < -0.39 is 59.8 Å². The third-order valence-corrected chi connectivity index (χ3v) is 8.35. The Bertz CT molecular complexity index is 1590. The quantitative estimate of drug-likeness (QED) is 0.124. The summed E-state index contributed by atoms with van der Waals surface area (Å²) in [5, 5.41) is 18.7. The molecule has 1 aliphatic rings. The number of hydrogen-bond acceptors (Lipinski definition) is 8. The predicted octanol–water partition coefficient (Wildman–Crippen LogP) is 4.53. The van der Waals surface area contributed by atoms with E-state index in [1.165, 1.54) is 23.4 Å². The standard InChI is InChI=1S/C34H38F9N5O4.Na.H/c35-32(36,37)25-6-7-29(47(9-12-49)8-4-2-1-3-5-30(50)51)24(17-25)22-48(31-44-19-28(20-45-31)46-10-13-52-14-11-46)21-23-15-26(33(38,39)40)18-27(16-23)34(41,42)43;;/h6-7,15-20,49H,1-5,8-14,21-22H2,(H,50,51);;/q;+1;-1. The summed E-state index contributed by atoms with van der Waals surface area (Å²) in [4.78, 5) is 24.2. The second kappa shape index (κ2) is 19.3. The number of aliphatic carboxylic acids is 1. The van der Waals surface area contributed by atoms with Gasteiger partial charge in [-0.25, -0.2) is 9.97 Å². The Hall–Kier alpha value is -3.32. The van der Waals surface area contributed by atoms with Gasteiger partial charge in [-0.3, -0.25) is 4.79 Å². The van der Waals surface area contributed by atoms with Crippen LogP contribution in [-0.2, 0) is 41.1 Å². The number of halogens is 9. The number of benzene rings is 2. The van der Waals surface area contributed by atoms with Crippen LogP contribution in [0.3, 0.4) is 0 Å². The second-order valence-electron chi connectivity index (χ2n) is 12.2. The first-order valence-corrected chi connectivity index (χ1v) is 16.4. The minimum atomic E-state index is -5.14. The molecule has 2 heterocycles. The number of morpholine rings is 1. The van der Waals surface area contributed by atoms with E-state index in [2.05, 4.69) is 9.97 Å². The van der Waals surface area contributed by atoms with Gasteiger partial charge in [-0.15, -0.1) is 0 Å². The summed E-state index contributed by atoms with van der Waals surface area (Å²) in [6.45, 7) is 0.582. The van der Waals surface area contributed by atoms with Gasteiger partial charge in [0.05, 0.1) is 54.6 Å². The summed E-state index contributed by atoms with van der Waals surface area (Å²) in [6.07, 6.45) is -10.2. The summed E-state index contributed by atoms with van der Waals surface area (Å²) < 4.78 is 130. The summed E-state index contributed by atoms with van der Waals surface area (Å²) >= 11 is 0. The normalized spacial score (nSPS) is 13.8. The number of rotatable bonds is 16. The number of carbonyl (C=O) groups is 1. The number of carboxylic acids is 1. The molecule has 0 aliphatic carbocycles. The third kappa shape index (κ3) is 13.2. The Morgan fingerprint density at radius 1 is 0.774 bits per heavy atom. The summed E-state index contributed by atoms with van der Waals surface area (Å²) in [5.74, 6) is -1.11. The van der Waals surface area contributed by atoms with Crippen LogP contribution in [0.5, 0.6) is 0 Å². The molecule has 288 valence electrons. The van der Waals surface area contributed by atoms with E-state index in [0.717, 1.165) is 12.1 Å². The molecule has 3 aromatic rings. The number of aromatic nitrogens is 2. The van der Waals surface area contributed by atoms with Crippen LogP contribution in [0.25, 0.3) is 0 Å². The van der Waals surface area contributed by atoms with Gasteiger partial charge in [0.1, 0.15) is 0 Å². The van der Waals surface area contributed by atoms with Crippen LogP contribution in [0.1, 0.15) is 61.3 Å². The average Bonchev–Trinajstić information content (AvgIpc) is 3.08. The number of aliphatic hydroxyl groups is 1. The molecule has 19 heteroatoms. The van der Waals surface area contributed by atoms with E-state index in [9.17, 15) is 49.4 Å². The molecular weight excluding hydrogens is 736 g/mol. The van der Waals surface area contributed by atoms with Crippen molar-refractivity contribution in [2.75, 3.05) is 60.7 Å². The molecule has 0 bridgehead atoms. The maximum absolute atomic E-state index is 14.0. The molecule has 0 saturated carbocycles. The van der Waals surface area contributed by atoms with Gasteiger partial charge in [-0.2, -0.15) is 39.5 Å². The Kier molecular flexibility index (Phi) is 16.1. The maximum Gasteiger partial charge on any atom is 1.00 e. The summed E-state index contributed by atoms with van der Waals surface area (Å²) in [7, 11) is 0. The topological polar surface area (TPSA) is 102 Å². The van der Waals surface area contributed by atoms with Crippen LogP contribution < -0.4 is 44.3 Å². The van der Waals surface area contributed by atoms with E-state index in [-0.39, 0.29) is 80.4 Å². The van der Waals surface area contributed by atoms with Gasteiger partial charge in [0.25, 0.3) is 0 Å². The maximum atomic E-state index is 14.0. The molecule has 9 nitrogen and oxygen atoms in total. The fourth-order valence-electron chi connectivity index (χ4n) is 5.80. The van der Waals surface area contributed by atoms with E-state index in [0.29, 0.717) is 69.8 Å². The number of nitrogens with zero attached hydrogens (tertiary/aromatic N) is 5. The number of hydrogen-bond donors (Lipinski definition) is 2. The van der Waals surface area contributed by atoms with Gasteiger partial charge >= 0.3 is 54.1 Å². The SMILES string of the molecule is O=C(O)CCCCCCN(CCO)c1ccc(C(F)(F)F)cc1CN(Cc1cc(C(F)(F)F)cc(C(F)(F)F)c1)c1ncc(N2CCOCC2)cn1.[H-].[Na+]. The molecule has 0 radical (unpaired) electrons. The molecular formula is C34H39F9N5NaO4. The molecule has 2 aromatic carbocycles. The molecule has 4 rings (SSSR count). The number of ether oxygens (including phenoxy) is 1. The van der Waals surface area contributed by atoms with Gasteiger partial charge < -0.3 is 31.1 Å². The van der Waals surface area contributed by atoms with Gasteiger partial charge in [-0.1, -0.05) is 12.8 Å². The number of alkyl halides is 9. The minimum absolute atomic E-state index is 0. The molecule has 1 aliphatic heterocycles. The largest absolute Gasteiger partial charge is 1.00 e. The van der Waals surface area contributed by atoms with Gasteiger partial charge in [-0.05, 0) is 60.4 Å². The van der Waals surface area contributed by atoms with Crippen LogP contribution in [-0.4, -0.2) is 72.1 Å². The zero-order valence-corrected chi connectivity index (χ0v) is 30.9.